The van der Waals surface area contributed by atoms with E-state index >= 15 is 0 Å². The van der Waals surface area contributed by atoms with Crippen molar-refractivity contribution in [1.29, 1.82) is 0 Å². The van der Waals surface area contributed by atoms with Crippen molar-refractivity contribution in [2.75, 3.05) is 13.1 Å². The Morgan fingerprint density at radius 1 is 1.38 bits per heavy atom. The van der Waals surface area contributed by atoms with Crippen molar-refractivity contribution in [2.24, 2.45) is 5.73 Å². The van der Waals surface area contributed by atoms with E-state index in [1.165, 1.54) is 38.6 Å². The molecule has 0 radical (unpaired) electrons. The zero-order valence-electron chi connectivity index (χ0n) is 9.13. The van der Waals surface area contributed by atoms with Gasteiger partial charge in [0.25, 0.3) is 0 Å². The Morgan fingerprint density at radius 3 is 2.46 bits per heavy atom. The van der Waals surface area contributed by atoms with E-state index in [-0.39, 0.29) is 0 Å². The highest BCUT2D eigenvalue weighted by molar-refractivity contribution is 4.88. The first-order chi connectivity index (χ1) is 6.33. The summed E-state index contributed by atoms with van der Waals surface area (Å²) in [5.74, 6) is 0. The van der Waals surface area contributed by atoms with Crippen molar-refractivity contribution >= 4 is 0 Å². The predicted octanol–water partition coefficient (Wildman–Crippen LogP) is 1.99. The van der Waals surface area contributed by atoms with Gasteiger partial charge in [-0.25, -0.2) is 0 Å². The minimum atomic E-state index is 0.748. The third-order valence-corrected chi connectivity index (χ3v) is 2.94. The fourth-order valence-corrected chi connectivity index (χ4v) is 2.12. The number of hydrogen-bond acceptors (Lipinski definition) is 2. The summed E-state index contributed by atoms with van der Waals surface area (Å²) < 4.78 is 0. The molecule has 1 rings (SSSR count). The Bertz CT molecular complexity index is 132. The molecule has 0 amide bonds. The predicted molar refractivity (Wildman–Crippen MR) is 57.8 cm³/mol. The van der Waals surface area contributed by atoms with Gasteiger partial charge in [0.15, 0.2) is 0 Å². The van der Waals surface area contributed by atoms with Gasteiger partial charge < -0.3 is 5.73 Å². The number of nitrogens with two attached hydrogens (primary N) is 1. The van der Waals surface area contributed by atoms with Gasteiger partial charge in [-0.3, -0.25) is 4.90 Å². The lowest BCUT2D eigenvalue weighted by molar-refractivity contribution is 0.173. The first kappa shape index (κ1) is 11.0. The summed E-state index contributed by atoms with van der Waals surface area (Å²) in [7, 11) is 0. The van der Waals surface area contributed by atoms with Crippen LogP contribution < -0.4 is 5.73 Å². The molecule has 0 saturated heterocycles. The minimum Gasteiger partial charge on any atom is -0.330 e. The molecule has 0 heterocycles. The van der Waals surface area contributed by atoms with Crippen molar-refractivity contribution in [3.8, 4) is 0 Å². The third kappa shape index (κ3) is 3.28. The number of hydrogen-bond donors (Lipinski definition) is 1. The van der Waals surface area contributed by atoms with E-state index in [4.69, 9.17) is 5.73 Å². The van der Waals surface area contributed by atoms with Crippen LogP contribution in [0.2, 0.25) is 0 Å². The van der Waals surface area contributed by atoms with Crippen LogP contribution in [0.5, 0.6) is 0 Å². The van der Waals surface area contributed by atoms with Crippen LogP contribution in [0, 0.1) is 0 Å². The molecule has 78 valence electrons. The summed E-state index contributed by atoms with van der Waals surface area (Å²) in [6.07, 6.45) is 6.54. The minimum absolute atomic E-state index is 0.748. The molecule has 0 spiro atoms. The molecule has 0 aliphatic heterocycles. The lowest BCUT2D eigenvalue weighted by Gasteiger charge is -2.30. The second kappa shape index (κ2) is 5.61. The molecule has 2 nitrogen and oxygen atoms in total. The zero-order chi connectivity index (χ0) is 9.68. The second-order valence-electron chi connectivity index (χ2n) is 4.11. The van der Waals surface area contributed by atoms with Gasteiger partial charge in [0, 0.05) is 12.1 Å². The normalized spacial score (nSPS) is 19.4. The summed E-state index contributed by atoms with van der Waals surface area (Å²) in [4.78, 5) is 2.69. The van der Waals surface area contributed by atoms with E-state index in [2.05, 4.69) is 18.7 Å². The topological polar surface area (TPSA) is 29.3 Å². The Hall–Kier alpha value is -0.0800. The van der Waals surface area contributed by atoms with Crippen LogP contribution >= 0.6 is 0 Å². The Morgan fingerprint density at radius 2 is 2.08 bits per heavy atom. The highest BCUT2D eigenvalue weighted by atomic mass is 15.2. The highest BCUT2D eigenvalue weighted by Gasteiger charge is 2.31. The van der Waals surface area contributed by atoms with Gasteiger partial charge >= 0.3 is 0 Å². The maximum atomic E-state index is 5.63. The molecule has 1 aliphatic carbocycles. The van der Waals surface area contributed by atoms with E-state index in [0.717, 1.165) is 18.6 Å². The van der Waals surface area contributed by atoms with Gasteiger partial charge in [0.2, 0.25) is 0 Å². The molecule has 0 aromatic rings. The van der Waals surface area contributed by atoms with Gasteiger partial charge in [0.1, 0.15) is 0 Å². The zero-order valence-corrected chi connectivity index (χ0v) is 9.13. The molecule has 0 bridgehead atoms. The summed E-state index contributed by atoms with van der Waals surface area (Å²) in [5, 5.41) is 0. The molecular formula is C11H24N2. The molecule has 2 N–H and O–H groups in total. The molecule has 0 aromatic heterocycles. The molecule has 1 fully saturated rings. The summed E-state index contributed by atoms with van der Waals surface area (Å²) in [6.45, 7) is 6.66. The highest BCUT2D eigenvalue weighted by Crippen LogP contribution is 2.30. The largest absolute Gasteiger partial charge is 0.330 e. The second-order valence-corrected chi connectivity index (χ2v) is 4.11. The quantitative estimate of drug-likeness (QED) is 0.655. The van der Waals surface area contributed by atoms with Crippen LogP contribution in [-0.2, 0) is 0 Å². The fraction of sp³-hybridized carbons (Fsp3) is 1.00. The van der Waals surface area contributed by atoms with Crippen LogP contribution in [0.15, 0.2) is 0 Å². The SMILES string of the molecule is CCCN(C(CC)CCN)C1CC1. The lowest BCUT2D eigenvalue weighted by atomic mass is 10.1. The van der Waals surface area contributed by atoms with Gasteiger partial charge in [-0.15, -0.1) is 0 Å². The van der Waals surface area contributed by atoms with Crippen molar-refractivity contribution in [1.82, 2.24) is 4.90 Å². The van der Waals surface area contributed by atoms with Gasteiger partial charge in [0.05, 0.1) is 0 Å². The maximum absolute atomic E-state index is 5.63. The van der Waals surface area contributed by atoms with Crippen molar-refractivity contribution < 1.29 is 0 Å². The summed E-state index contributed by atoms with van der Waals surface area (Å²) >= 11 is 0. The molecule has 1 unspecified atom stereocenters. The number of nitrogens with zero attached hydrogens (tertiary/aromatic N) is 1. The van der Waals surface area contributed by atoms with Crippen molar-refractivity contribution in [3.63, 3.8) is 0 Å². The third-order valence-electron chi connectivity index (χ3n) is 2.94. The summed E-state index contributed by atoms with van der Waals surface area (Å²) in [5.41, 5.74) is 5.63. The van der Waals surface area contributed by atoms with Crippen molar-refractivity contribution in [2.45, 2.75) is 58.0 Å². The van der Waals surface area contributed by atoms with E-state index < -0.39 is 0 Å². The van der Waals surface area contributed by atoms with Crippen LogP contribution in [0.3, 0.4) is 0 Å². The van der Waals surface area contributed by atoms with E-state index in [1.54, 1.807) is 0 Å². The lowest BCUT2D eigenvalue weighted by Crippen LogP contribution is -2.38. The van der Waals surface area contributed by atoms with Gasteiger partial charge in [-0.1, -0.05) is 13.8 Å². The first-order valence-electron chi connectivity index (χ1n) is 5.79. The fourth-order valence-electron chi connectivity index (χ4n) is 2.12. The van der Waals surface area contributed by atoms with Crippen LogP contribution in [-0.4, -0.2) is 30.1 Å². The first-order valence-corrected chi connectivity index (χ1v) is 5.79. The Kier molecular flexibility index (Phi) is 4.74. The average molecular weight is 184 g/mol. The van der Waals surface area contributed by atoms with Crippen LogP contribution in [0.1, 0.15) is 46.0 Å². The maximum Gasteiger partial charge on any atom is 0.0108 e. The van der Waals surface area contributed by atoms with Crippen LogP contribution in [0.4, 0.5) is 0 Å². The molecule has 1 atom stereocenters. The summed E-state index contributed by atoms with van der Waals surface area (Å²) in [6, 6.07) is 1.65. The molecule has 1 saturated carbocycles. The van der Waals surface area contributed by atoms with Crippen LogP contribution in [0.25, 0.3) is 0 Å². The van der Waals surface area contributed by atoms with E-state index in [9.17, 15) is 0 Å². The Labute approximate surface area is 82.5 Å². The van der Waals surface area contributed by atoms with E-state index in [0.29, 0.717) is 0 Å². The van der Waals surface area contributed by atoms with Gasteiger partial charge in [-0.2, -0.15) is 0 Å². The average Bonchev–Trinajstić information content (AvgIpc) is 2.94. The van der Waals surface area contributed by atoms with Crippen molar-refractivity contribution in [3.05, 3.63) is 0 Å². The molecule has 0 aromatic carbocycles. The van der Waals surface area contributed by atoms with Gasteiger partial charge in [-0.05, 0) is 45.2 Å². The molecule has 2 heteroatoms. The molecule has 1 aliphatic rings. The smallest absolute Gasteiger partial charge is 0.0108 e. The standard InChI is InChI=1S/C11H24N2/c1-3-9-13(11-5-6-11)10(4-2)7-8-12/h10-11H,3-9,12H2,1-2H3. The Balaban J connectivity index is 2.38. The molecule has 13 heavy (non-hydrogen) atoms. The monoisotopic (exact) mass is 184 g/mol. The number of rotatable bonds is 7. The van der Waals surface area contributed by atoms with E-state index in [1.807, 2.05) is 0 Å². The molecular weight excluding hydrogens is 160 g/mol.